The van der Waals surface area contributed by atoms with Crippen LogP contribution in [0.3, 0.4) is 0 Å². The summed E-state index contributed by atoms with van der Waals surface area (Å²) in [5.74, 6) is 2.06. The van der Waals surface area contributed by atoms with Crippen molar-refractivity contribution < 1.29 is 0 Å². The van der Waals surface area contributed by atoms with Crippen molar-refractivity contribution in [3.05, 3.63) is 10.0 Å². The Hall–Kier alpha value is -0.440. The zero-order valence-electron chi connectivity index (χ0n) is 11.8. The molecule has 0 radical (unpaired) electrons. The molecule has 1 aliphatic carbocycles. The van der Waals surface area contributed by atoms with Crippen LogP contribution < -0.4 is 10.6 Å². The Kier molecular flexibility index (Phi) is 6.45. The van der Waals surface area contributed by atoms with Crippen molar-refractivity contribution in [1.29, 1.82) is 0 Å². The molecule has 1 aromatic rings. The molecule has 0 spiro atoms. The average Bonchev–Trinajstić information content (AvgIpc) is 2.84. The van der Waals surface area contributed by atoms with Crippen LogP contribution >= 0.6 is 35.3 Å². The van der Waals surface area contributed by atoms with Gasteiger partial charge in [-0.2, -0.15) is 0 Å². The van der Waals surface area contributed by atoms with Crippen LogP contribution in [-0.2, 0) is 6.54 Å². The molecule has 1 fully saturated rings. The molecule has 1 heterocycles. The normalized spacial score (nSPS) is 22.1. The fourth-order valence-corrected chi connectivity index (χ4v) is 2.41. The lowest BCUT2D eigenvalue weighted by molar-refractivity contribution is 0.755. The van der Waals surface area contributed by atoms with Gasteiger partial charge in [-0.1, -0.05) is 32.1 Å². The SMILES string of the molecule is CN=C(NCc1nnc(C(C)C)s1)NC1CC1C.I. The highest BCUT2D eigenvalue weighted by Gasteiger charge is 2.33. The van der Waals surface area contributed by atoms with E-state index in [1.54, 1.807) is 18.4 Å². The number of nitrogens with zero attached hydrogens (tertiary/aromatic N) is 3. The Morgan fingerprint density at radius 3 is 2.63 bits per heavy atom. The Morgan fingerprint density at radius 2 is 2.16 bits per heavy atom. The summed E-state index contributed by atoms with van der Waals surface area (Å²) in [4.78, 5) is 4.21. The summed E-state index contributed by atoms with van der Waals surface area (Å²) >= 11 is 1.66. The lowest BCUT2D eigenvalue weighted by Gasteiger charge is -2.09. The molecule has 0 aliphatic heterocycles. The highest BCUT2D eigenvalue weighted by Crippen LogP contribution is 2.28. The summed E-state index contributed by atoms with van der Waals surface area (Å²) in [5.41, 5.74) is 0. The third kappa shape index (κ3) is 4.87. The van der Waals surface area contributed by atoms with Crippen LogP contribution in [0.5, 0.6) is 0 Å². The van der Waals surface area contributed by atoms with E-state index in [0.717, 1.165) is 21.9 Å². The van der Waals surface area contributed by atoms with Crippen molar-refractivity contribution in [2.24, 2.45) is 10.9 Å². The maximum Gasteiger partial charge on any atom is 0.191 e. The summed E-state index contributed by atoms with van der Waals surface area (Å²) < 4.78 is 0. The van der Waals surface area contributed by atoms with Crippen molar-refractivity contribution in [3.8, 4) is 0 Å². The molecule has 2 atom stereocenters. The third-order valence-electron chi connectivity index (χ3n) is 3.04. The smallest absolute Gasteiger partial charge is 0.191 e. The van der Waals surface area contributed by atoms with Gasteiger partial charge in [-0.25, -0.2) is 0 Å². The van der Waals surface area contributed by atoms with Gasteiger partial charge < -0.3 is 10.6 Å². The molecule has 19 heavy (non-hydrogen) atoms. The number of halogens is 1. The van der Waals surface area contributed by atoms with Crippen molar-refractivity contribution in [3.63, 3.8) is 0 Å². The van der Waals surface area contributed by atoms with Gasteiger partial charge in [-0.15, -0.1) is 34.2 Å². The molecule has 2 N–H and O–H groups in total. The first-order chi connectivity index (χ1) is 8.60. The first kappa shape index (κ1) is 16.6. The molecule has 1 saturated carbocycles. The monoisotopic (exact) mass is 395 g/mol. The van der Waals surface area contributed by atoms with E-state index in [-0.39, 0.29) is 24.0 Å². The molecule has 0 aromatic carbocycles. The fourth-order valence-electron chi connectivity index (χ4n) is 1.62. The van der Waals surface area contributed by atoms with Crippen LogP contribution in [0.2, 0.25) is 0 Å². The van der Waals surface area contributed by atoms with E-state index >= 15 is 0 Å². The maximum absolute atomic E-state index is 4.21. The van der Waals surface area contributed by atoms with Gasteiger partial charge in [0.25, 0.3) is 0 Å². The third-order valence-corrected chi connectivity index (χ3v) is 4.26. The van der Waals surface area contributed by atoms with Gasteiger partial charge in [0.2, 0.25) is 0 Å². The van der Waals surface area contributed by atoms with E-state index in [1.807, 2.05) is 0 Å². The van der Waals surface area contributed by atoms with E-state index in [9.17, 15) is 0 Å². The summed E-state index contributed by atoms with van der Waals surface area (Å²) in [6, 6.07) is 0.580. The van der Waals surface area contributed by atoms with E-state index < -0.39 is 0 Å². The van der Waals surface area contributed by atoms with Gasteiger partial charge in [-0.05, 0) is 12.3 Å². The second kappa shape index (κ2) is 7.37. The van der Waals surface area contributed by atoms with Crippen LogP contribution in [0.25, 0.3) is 0 Å². The van der Waals surface area contributed by atoms with Crippen LogP contribution in [0, 0.1) is 5.92 Å². The summed E-state index contributed by atoms with van der Waals surface area (Å²) in [6.45, 7) is 7.19. The maximum atomic E-state index is 4.21. The van der Waals surface area contributed by atoms with E-state index in [2.05, 4.69) is 46.6 Å². The predicted molar refractivity (Wildman–Crippen MR) is 90.3 cm³/mol. The summed E-state index contributed by atoms with van der Waals surface area (Å²) in [7, 11) is 1.79. The Balaban J connectivity index is 0.00000180. The molecule has 108 valence electrons. The second-order valence-corrected chi connectivity index (χ2v) is 6.17. The lowest BCUT2D eigenvalue weighted by Crippen LogP contribution is -2.38. The van der Waals surface area contributed by atoms with Crippen LogP contribution in [0.15, 0.2) is 4.99 Å². The molecular formula is C12H22IN5S. The minimum atomic E-state index is 0. The van der Waals surface area contributed by atoms with Crippen LogP contribution in [0.4, 0.5) is 0 Å². The van der Waals surface area contributed by atoms with E-state index in [4.69, 9.17) is 0 Å². The van der Waals surface area contributed by atoms with Gasteiger partial charge in [0.15, 0.2) is 5.96 Å². The molecule has 2 unspecified atom stereocenters. The first-order valence-corrected chi connectivity index (χ1v) is 7.21. The molecule has 2 rings (SSSR count). The summed E-state index contributed by atoms with van der Waals surface area (Å²) in [5, 5.41) is 17.1. The van der Waals surface area contributed by atoms with E-state index in [1.165, 1.54) is 6.42 Å². The Labute approximate surface area is 135 Å². The molecular weight excluding hydrogens is 373 g/mol. The van der Waals surface area contributed by atoms with Crippen LogP contribution in [0.1, 0.15) is 43.1 Å². The van der Waals surface area contributed by atoms with Gasteiger partial charge in [0.1, 0.15) is 10.0 Å². The zero-order chi connectivity index (χ0) is 13.1. The molecule has 0 saturated heterocycles. The van der Waals surface area contributed by atoms with Gasteiger partial charge >= 0.3 is 0 Å². The zero-order valence-corrected chi connectivity index (χ0v) is 15.0. The number of aromatic nitrogens is 2. The van der Waals surface area contributed by atoms with Crippen molar-refractivity contribution >= 4 is 41.3 Å². The van der Waals surface area contributed by atoms with Crippen LogP contribution in [-0.4, -0.2) is 29.2 Å². The topological polar surface area (TPSA) is 62.2 Å². The largest absolute Gasteiger partial charge is 0.353 e. The van der Waals surface area contributed by atoms with Crippen molar-refractivity contribution in [2.75, 3.05) is 7.05 Å². The highest BCUT2D eigenvalue weighted by atomic mass is 127. The lowest BCUT2D eigenvalue weighted by atomic mass is 10.2. The predicted octanol–water partition coefficient (Wildman–Crippen LogP) is 2.35. The van der Waals surface area contributed by atoms with Gasteiger partial charge in [-0.3, -0.25) is 4.99 Å². The standard InChI is InChI=1S/C12H21N5S.HI/c1-7(2)11-17-16-10(18-11)6-14-12(13-4)15-9-5-8(9)3;/h7-9H,5-6H2,1-4H3,(H2,13,14,15);1H. The number of rotatable bonds is 4. The molecule has 0 amide bonds. The molecule has 1 aliphatic rings. The minimum absolute atomic E-state index is 0. The number of aliphatic imine (C=N–C) groups is 1. The minimum Gasteiger partial charge on any atom is -0.353 e. The summed E-state index contributed by atoms with van der Waals surface area (Å²) in [6.07, 6.45) is 1.23. The van der Waals surface area contributed by atoms with Gasteiger partial charge in [0, 0.05) is 19.0 Å². The first-order valence-electron chi connectivity index (χ1n) is 6.39. The van der Waals surface area contributed by atoms with Crippen molar-refractivity contribution in [1.82, 2.24) is 20.8 Å². The Bertz CT molecular complexity index is 432. The molecule has 1 aromatic heterocycles. The molecule has 5 nitrogen and oxygen atoms in total. The number of hydrogen-bond donors (Lipinski definition) is 2. The molecule has 0 bridgehead atoms. The van der Waals surface area contributed by atoms with E-state index in [0.29, 0.717) is 18.5 Å². The fraction of sp³-hybridized carbons (Fsp3) is 0.750. The Morgan fingerprint density at radius 1 is 1.47 bits per heavy atom. The number of guanidine groups is 1. The number of hydrogen-bond acceptors (Lipinski definition) is 4. The quantitative estimate of drug-likeness (QED) is 0.467. The average molecular weight is 395 g/mol. The molecule has 7 heteroatoms. The van der Waals surface area contributed by atoms with Crippen molar-refractivity contribution in [2.45, 2.75) is 45.7 Å². The van der Waals surface area contributed by atoms with Gasteiger partial charge in [0.05, 0.1) is 6.54 Å². The number of nitrogens with one attached hydrogen (secondary N) is 2. The highest BCUT2D eigenvalue weighted by molar-refractivity contribution is 14.0. The second-order valence-electron chi connectivity index (χ2n) is 5.08.